The Kier molecular flexibility index (Phi) is 13.7. The highest BCUT2D eigenvalue weighted by Crippen LogP contribution is 2.20. The summed E-state index contributed by atoms with van der Waals surface area (Å²) < 4.78 is 19.8. The zero-order chi connectivity index (χ0) is 22.9. The minimum absolute atomic E-state index is 0.652. The van der Waals surface area contributed by atoms with E-state index in [0.717, 1.165) is 56.4 Å². The summed E-state index contributed by atoms with van der Waals surface area (Å²) in [4.78, 5) is 8.92. The number of aromatic nitrogens is 2. The van der Waals surface area contributed by atoms with Crippen LogP contribution in [-0.2, 0) is 6.42 Å². The fraction of sp³-hybridized carbons (Fsp3) is 0.643. The molecule has 1 atom stereocenters. The monoisotopic (exact) mass is 442 g/mol. The second kappa shape index (κ2) is 16.6. The molecule has 0 aliphatic rings. The van der Waals surface area contributed by atoms with Gasteiger partial charge in [0.1, 0.15) is 6.17 Å². The van der Waals surface area contributed by atoms with Crippen LogP contribution in [0.4, 0.5) is 4.39 Å². The summed E-state index contributed by atoms with van der Waals surface area (Å²) in [5.41, 5.74) is 2.24. The van der Waals surface area contributed by atoms with E-state index in [9.17, 15) is 4.39 Å². The molecule has 3 nitrogen and oxygen atoms in total. The summed E-state index contributed by atoms with van der Waals surface area (Å²) in [5, 5.41) is 0. The molecule has 0 fully saturated rings. The van der Waals surface area contributed by atoms with E-state index in [1.165, 1.54) is 50.5 Å². The lowest BCUT2D eigenvalue weighted by molar-refractivity contribution is 0.282. The molecule has 0 saturated carbocycles. The normalized spacial score (nSPS) is 12.1. The number of nitrogens with zero attached hydrogens (tertiary/aromatic N) is 2. The van der Waals surface area contributed by atoms with Crippen LogP contribution in [0.1, 0.15) is 103 Å². The molecule has 0 aliphatic carbocycles. The SMILES string of the molecule is CCCCCCCCOc1cnc(-c2ccc(CCC[C@@H](F)CCCCCC)cc2)nc1. The van der Waals surface area contributed by atoms with Crippen molar-refractivity contribution in [2.75, 3.05) is 6.61 Å². The van der Waals surface area contributed by atoms with Gasteiger partial charge in [-0.05, 0) is 37.7 Å². The van der Waals surface area contributed by atoms with Crippen LogP contribution in [0.2, 0.25) is 0 Å². The van der Waals surface area contributed by atoms with Crippen LogP contribution in [-0.4, -0.2) is 22.7 Å². The first-order chi connectivity index (χ1) is 15.7. The molecule has 4 heteroatoms. The van der Waals surface area contributed by atoms with Crippen molar-refractivity contribution < 1.29 is 9.13 Å². The molecular formula is C28H43FN2O. The van der Waals surface area contributed by atoms with E-state index < -0.39 is 6.17 Å². The average Bonchev–Trinajstić information content (AvgIpc) is 2.82. The molecule has 1 heterocycles. The molecule has 1 aromatic heterocycles. The van der Waals surface area contributed by atoms with Gasteiger partial charge in [0.2, 0.25) is 0 Å². The van der Waals surface area contributed by atoms with Gasteiger partial charge in [-0.25, -0.2) is 14.4 Å². The second-order valence-electron chi connectivity index (χ2n) is 8.89. The van der Waals surface area contributed by atoms with Crippen molar-refractivity contribution in [1.82, 2.24) is 9.97 Å². The fourth-order valence-corrected chi connectivity index (χ4v) is 3.90. The molecule has 1 aromatic carbocycles. The van der Waals surface area contributed by atoms with E-state index in [0.29, 0.717) is 12.2 Å². The Bertz CT molecular complexity index is 702. The largest absolute Gasteiger partial charge is 0.490 e. The van der Waals surface area contributed by atoms with Crippen molar-refractivity contribution in [2.45, 2.75) is 110 Å². The molecule has 2 rings (SSSR count). The lowest BCUT2D eigenvalue weighted by Gasteiger charge is -2.09. The third kappa shape index (κ3) is 11.1. The van der Waals surface area contributed by atoms with Gasteiger partial charge in [-0.1, -0.05) is 95.9 Å². The predicted octanol–water partition coefficient (Wildman–Crippen LogP) is 8.51. The molecule has 0 radical (unpaired) electrons. The molecule has 32 heavy (non-hydrogen) atoms. The highest BCUT2D eigenvalue weighted by Gasteiger charge is 2.07. The highest BCUT2D eigenvalue weighted by molar-refractivity contribution is 5.55. The Morgan fingerprint density at radius 2 is 1.34 bits per heavy atom. The first-order valence-electron chi connectivity index (χ1n) is 12.9. The third-order valence-corrected chi connectivity index (χ3v) is 5.96. The number of unbranched alkanes of at least 4 members (excludes halogenated alkanes) is 8. The zero-order valence-corrected chi connectivity index (χ0v) is 20.3. The van der Waals surface area contributed by atoms with Gasteiger partial charge in [0.05, 0.1) is 19.0 Å². The van der Waals surface area contributed by atoms with Crippen LogP contribution < -0.4 is 4.74 Å². The lowest BCUT2D eigenvalue weighted by atomic mass is 10.0. The van der Waals surface area contributed by atoms with Crippen molar-refractivity contribution in [1.29, 1.82) is 0 Å². The summed E-state index contributed by atoms with van der Waals surface area (Å²) in [6.45, 7) is 5.15. The molecule has 178 valence electrons. The Labute approximate surface area is 195 Å². The van der Waals surface area contributed by atoms with Crippen molar-refractivity contribution in [3.05, 3.63) is 42.2 Å². The van der Waals surface area contributed by atoms with Crippen LogP contribution in [0, 0.1) is 0 Å². The van der Waals surface area contributed by atoms with Crippen LogP contribution in [0.3, 0.4) is 0 Å². The van der Waals surface area contributed by atoms with E-state index in [1.54, 1.807) is 12.4 Å². The first-order valence-corrected chi connectivity index (χ1v) is 12.9. The number of hydrogen-bond acceptors (Lipinski definition) is 3. The molecule has 0 amide bonds. The molecule has 0 bridgehead atoms. The standard InChI is InChI=1S/C28H43FN2O/c1-3-5-7-9-10-12-21-32-27-22-30-28(31-23-27)25-19-17-24(18-20-25)14-13-16-26(29)15-11-8-6-4-2/h17-20,22-23,26H,3-16,21H2,1-2H3/t26-/m0/s1. The molecule has 0 unspecified atom stereocenters. The zero-order valence-electron chi connectivity index (χ0n) is 20.3. The summed E-state index contributed by atoms with van der Waals surface area (Å²) in [6, 6.07) is 8.32. The Balaban J connectivity index is 1.66. The van der Waals surface area contributed by atoms with Crippen molar-refractivity contribution in [2.24, 2.45) is 0 Å². The number of hydrogen-bond donors (Lipinski definition) is 0. The second-order valence-corrected chi connectivity index (χ2v) is 8.89. The summed E-state index contributed by atoms with van der Waals surface area (Å²) in [7, 11) is 0. The van der Waals surface area contributed by atoms with Crippen LogP contribution in [0.5, 0.6) is 5.75 Å². The van der Waals surface area contributed by atoms with Gasteiger partial charge in [0.15, 0.2) is 11.6 Å². The van der Waals surface area contributed by atoms with Gasteiger partial charge < -0.3 is 4.74 Å². The van der Waals surface area contributed by atoms with Crippen molar-refractivity contribution in [3.63, 3.8) is 0 Å². The predicted molar refractivity (Wildman–Crippen MR) is 133 cm³/mol. The van der Waals surface area contributed by atoms with Crippen LogP contribution in [0.25, 0.3) is 11.4 Å². The summed E-state index contributed by atoms with van der Waals surface area (Å²) in [6.07, 6.45) is 18.2. The van der Waals surface area contributed by atoms with Crippen LogP contribution >= 0.6 is 0 Å². The number of halogens is 1. The van der Waals surface area contributed by atoms with E-state index in [-0.39, 0.29) is 0 Å². The van der Waals surface area contributed by atoms with Crippen LogP contribution in [0.15, 0.2) is 36.7 Å². The quantitative estimate of drug-likeness (QED) is 0.217. The van der Waals surface area contributed by atoms with E-state index in [4.69, 9.17) is 4.74 Å². The fourth-order valence-electron chi connectivity index (χ4n) is 3.90. The van der Waals surface area contributed by atoms with Gasteiger partial charge in [-0.2, -0.15) is 0 Å². The van der Waals surface area contributed by atoms with E-state index in [2.05, 4.69) is 48.1 Å². The molecule has 2 aromatic rings. The number of ether oxygens (including phenoxy) is 1. The van der Waals surface area contributed by atoms with Gasteiger partial charge >= 0.3 is 0 Å². The average molecular weight is 443 g/mol. The number of alkyl halides is 1. The lowest BCUT2D eigenvalue weighted by Crippen LogP contribution is -2.01. The molecule has 0 aliphatic heterocycles. The topological polar surface area (TPSA) is 35.0 Å². The summed E-state index contributed by atoms with van der Waals surface area (Å²) in [5.74, 6) is 1.44. The van der Waals surface area contributed by atoms with Gasteiger partial charge in [-0.3, -0.25) is 0 Å². The van der Waals surface area contributed by atoms with E-state index in [1.807, 2.05) is 0 Å². The van der Waals surface area contributed by atoms with Gasteiger partial charge in [-0.15, -0.1) is 0 Å². The Hall–Kier alpha value is -1.97. The van der Waals surface area contributed by atoms with Crippen molar-refractivity contribution >= 4 is 0 Å². The molecule has 0 saturated heterocycles. The van der Waals surface area contributed by atoms with Gasteiger partial charge in [0, 0.05) is 5.56 Å². The Morgan fingerprint density at radius 3 is 2.03 bits per heavy atom. The number of aryl methyl sites for hydroxylation is 1. The Morgan fingerprint density at radius 1 is 0.750 bits per heavy atom. The third-order valence-electron chi connectivity index (χ3n) is 5.96. The highest BCUT2D eigenvalue weighted by atomic mass is 19.1. The van der Waals surface area contributed by atoms with Gasteiger partial charge in [0.25, 0.3) is 0 Å². The minimum Gasteiger partial charge on any atom is -0.490 e. The minimum atomic E-state index is -0.652. The van der Waals surface area contributed by atoms with Crippen molar-refractivity contribution in [3.8, 4) is 17.1 Å². The number of rotatable bonds is 18. The first kappa shape index (κ1) is 26.3. The summed E-state index contributed by atoms with van der Waals surface area (Å²) >= 11 is 0. The maximum absolute atomic E-state index is 14.0. The smallest absolute Gasteiger partial charge is 0.159 e. The maximum Gasteiger partial charge on any atom is 0.159 e. The maximum atomic E-state index is 14.0. The molecular weight excluding hydrogens is 399 g/mol. The molecule has 0 N–H and O–H groups in total. The van der Waals surface area contributed by atoms with E-state index >= 15 is 0 Å². The number of benzene rings is 1. The molecule has 0 spiro atoms.